The van der Waals surface area contributed by atoms with Gasteiger partial charge in [-0.25, -0.2) is 9.59 Å². The Hall–Kier alpha value is -4.95. The van der Waals surface area contributed by atoms with Crippen molar-refractivity contribution in [3.05, 3.63) is 131 Å². The molecule has 5 rings (SSSR count). The summed E-state index contributed by atoms with van der Waals surface area (Å²) in [6, 6.07) is 35.3. The van der Waals surface area contributed by atoms with E-state index in [0.29, 0.717) is 23.6 Å². The second kappa shape index (κ2) is 16.4. The summed E-state index contributed by atoms with van der Waals surface area (Å²) >= 11 is 0. The molecule has 1 unspecified atom stereocenters. The predicted octanol–water partition coefficient (Wildman–Crippen LogP) is 7.30. The number of carbonyl (C=O) groups is 3. The van der Waals surface area contributed by atoms with Gasteiger partial charge in [0.25, 0.3) is 5.91 Å². The Balaban J connectivity index is 1.24. The van der Waals surface area contributed by atoms with E-state index in [4.69, 9.17) is 4.74 Å². The lowest BCUT2D eigenvalue weighted by Crippen LogP contribution is -2.44. The van der Waals surface area contributed by atoms with Crippen molar-refractivity contribution in [1.29, 1.82) is 0 Å². The molecular weight excluding hydrogens is 614 g/mol. The number of nitrogens with one attached hydrogen (secondary N) is 2. The van der Waals surface area contributed by atoms with Gasteiger partial charge < -0.3 is 20.5 Å². The molecule has 0 spiro atoms. The van der Waals surface area contributed by atoms with Crippen molar-refractivity contribution in [1.82, 2.24) is 15.5 Å². The van der Waals surface area contributed by atoms with Crippen molar-refractivity contribution in [3.8, 4) is 11.1 Å². The normalized spacial score (nSPS) is 15.2. The standard InChI is InChI=1S/C41H47N3O5/c1-41(2,3)49-40(48)43-37(39(46)47)26-29-14-16-35(17-15-29)38(45)42-27-36(33-20-18-32(19-21-33)31-12-8-5-9-13-31)34-22-24-44(25-23-34)28-30-10-6-4-7-11-30/h4-21,34,36-37H,22-28H2,1-3H3,(H,42,45)(H,43,48)(H,46,47)/t36-,37?/m0/s1. The van der Waals surface area contributed by atoms with Crippen LogP contribution in [-0.4, -0.2) is 59.3 Å². The molecule has 4 aromatic carbocycles. The van der Waals surface area contributed by atoms with Crippen LogP contribution in [0.25, 0.3) is 11.1 Å². The van der Waals surface area contributed by atoms with Crippen LogP contribution in [0.15, 0.2) is 109 Å². The zero-order valence-corrected chi connectivity index (χ0v) is 28.6. The quantitative estimate of drug-likeness (QED) is 0.147. The van der Waals surface area contributed by atoms with E-state index in [1.54, 1.807) is 45.0 Å². The molecule has 2 atom stereocenters. The summed E-state index contributed by atoms with van der Waals surface area (Å²) in [6.07, 6.45) is 1.36. The van der Waals surface area contributed by atoms with Gasteiger partial charge in [-0.05, 0) is 92.6 Å². The maximum atomic E-state index is 13.4. The number of hydrogen-bond donors (Lipinski definition) is 3. The van der Waals surface area contributed by atoms with Gasteiger partial charge in [-0.1, -0.05) is 97.1 Å². The van der Waals surface area contributed by atoms with Crippen LogP contribution in [0, 0.1) is 5.92 Å². The smallest absolute Gasteiger partial charge is 0.408 e. The molecule has 2 amide bonds. The highest BCUT2D eigenvalue weighted by molar-refractivity contribution is 5.94. The highest BCUT2D eigenvalue weighted by atomic mass is 16.6. The molecule has 8 heteroatoms. The summed E-state index contributed by atoms with van der Waals surface area (Å²) < 4.78 is 5.22. The molecule has 0 aliphatic carbocycles. The molecule has 49 heavy (non-hydrogen) atoms. The van der Waals surface area contributed by atoms with E-state index in [1.807, 2.05) is 24.3 Å². The predicted molar refractivity (Wildman–Crippen MR) is 192 cm³/mol. The summed E-state index contributed by atoms with van der Waals surface area (Å²) in [7, 11) is 0. The van der Waals surface area contributed by atoms with Crippen LogP contribution in [0.2, 0.25) is 0 Å². The van der Waals surface area contributed by atoms with Crippen molar-refractivity contribution in [2.24, 2.45) is 5.92 Å². The van der Waals surface area contributed by atoms with E-state index >= 15 is 0 Å². The second-order valence-electron chi connectivity index (χ2n) is 13.8. The highest BCUT2D eigenvalue weighted by Gasteiger charge is 2.29. The second-order valence-corrected chi connectivity index (χ2v) is 13.8. The number of piperidine rings is 1. The first-order valence-electron chi connectivity index (χ1n) is 17.1. The fourth-order valence-corrected chi connectivity index (χ4v) is 6.45. The average molecular weight is 662 g/mol. The maximum absolute atomic E-state index is 13.4. The van der Waals surface area contributed by atoms with Gasteiger partial charge in [-0.3, -0.25) is 9.69 Å². The van der Waals surface area contributed by atoms with Gasteiger partial charge in [-0.2, -0.15) is 0 Å². The fourth-order valence-electron chi connectivity index (χ4n) is 6.45. The van der Waals surface area contributed by atoms with Crippen LogP contribution in [0.1, 0.15) is 66.6 Å². The zero-order chi connectivity index (χ0) is 34.8. The number of carboxylic acid groups (broad SMARTS) is 1. The van der Waals surface area contributed by atoms with E-state index < -0.39 is 23.7 Å². The van der Waals surface area contributed by atoms with Crippen LogP contribution in [0.3, 0.4) is 0 Å². The van der Waals surface area contributed by atoms with Gasteiger partial charge in [-0.15, -0.1) is 0 Å². The van der Waals surface area contributed by atoms with Crippen molar-refractivity contribution < 1.29 is 24.2 Å². The number of aliphatic carboxylic acids is 1. The molecule has 1 aliphatic heterocycles. The average Bonchev–Trinajstić information content (AvgIpc) is 3.09. The summed E-state index contributed by atoms with van der Waals surface area (Å²) in [4.78, 5) is 39.9. The third kappa shape index (κ3) is 10.5. The molecule has 4 aromatic rings. The monoisotopic (exact) mass is 661 g/mol. The lowest BCUT2D eigenvalue weighted by molar-refractivity contribution is -0.139. The molecule has 0 radical (unpaired) electrons. The topological polar surface area (TPSA) is 108 Å². The first kappa shape index (κ1) is 35.4. The van der Waals surface area contributed by atoms with Crippen LogP contribution in [0.4, 0.5) is 4.79 Å². The summed E-state index contributed by atoms with van der Waals surface area (Å²) in [6.45, 7) is 8.61. The number of carbonyl (C=O) groups excluding carboxylic acids is 2. The lowest BCUT2D eigenvalue weighted by atomic mass is 9.79. The largest absolute Gasteiger partial charge is 0.480 e. The number of alkyl carbamates (subject to hydrolysis) is 1. The highest BCUT2D eigenvalue weighted by Crippen LogP contribution is 2.34. The van der Waals surface area contributed by atoms with Gasteiger partial charge in [0.15, 0.2) is 0 Å². The van der Waals surface area contributed by atoms with Gasteiger partial charge >= 0.3 is 12.1 Å². The number of hydrogen-bond acceptors (Lipinski definition) is 5. The minimum absolute atomic E-state index is 0.0560. The van der Waals surface area contributed by atoms with Crippen LogP contribution < -0.4 is 10.6 Å². The molecule has 1 heterocycles. The van der Waals surface area contributed by atoms with Crippen molar-refractivity contribution in [2.45, 2.75) is 64.1 Å². The number of amides is 2. The van der Waals surface area contributed by atoms with Crippen LogP contribution >= 0.6 is 0 Å². The molecule has 0 saturated carbocycles. The Morgan fingerprint density at radius 2 is 1.39 bits per heavy atom. The molecular formula is C41H47N3O5. The molecule has 256 valence electrons. The van der Waals surface area contributed by atoms with Gasteiger partial charge in [0.1, 0.15) is 11.6 Å². The van der Waals surface area contributed by atoms with E-state index in [1.165, 1.54) is 16.7 Å². The molecule has 1 fully saturated rings. The molecule has 8 nitrogen and oxygen atoms in total. The SMILES string of the molecule is CC(C)(C)OC(=O)NC(Cc1ccc(C(=O)NC[C@@H](c2ccc(-c3ccccc3)cc2)C2CCN(Cc3ccccc3)CC2)cc1)C(=O)O. The molecule has 3 N–H and O–H groups in total. The minimum Gasteiger partial charge on any atom is -0.480 e. The Morgan fingerprint density at radius 3 is 1.98 bits per heavy atom. The fraction of sp³-hybridized carbons (Fsp3) is 0.341. The minimum atomic E-state index is -1.17. The van der Waals surface area contributed by atoms with Crippen molar-refractivity contribution in [3.63, 3.8) is 0 Å². The van der Waals surface area contributed by atoms with Gasteiger partial charge in [0.05, 0.1) is 0 Å². The number of rotatable bonds is 12. The number of carboxylic acids is 1. The Labute approximate surface area is 289 Å². The Morgan fingerprint density at radius 1 is 0.796 bits per heavy atom. The molecule has 1 aliphatic rings. The number of benzene rings is 4. The maximum Gasteiger partial charge on any atom is 0.408 e. The molecule has 0 bridgehead atoms. The first-order chi connectivity index (χ1) is 23.5. The van der Waals surface area contributed by atoms with Gasteiger partial charge in [0.2, 0.25) is 0 Å². The molecule has 1 saturated heterocycles. The van der Waals surface area contributed by atoms with E-state index in [-0.39, 0.29) is 18.2 Å². The van der Waals surface area contributed by atoms with E-state index in [9.17, 15) is 19.5 Å². The number of nitrogens with zero attached hydrogens (tertiary/aromatic N) is 1. The Bertz CT molecular complexity index is 1660. The van der Waals surface area contributed by atoms with Crippen molar-refractivity contribution >= 4 is 18.0 Å². The van der Waals surface area contributed by atoms with E-state index in [0.717, 1.165) is 38.0 Å². The summed E-state index contributed by atoms with van der Waals surface area (Å²) in [5.41, 5.74) is 5.31. The van der Waals surface area contributed by atoms with Crippen LogP contribution in [-0.2, 0) is 22.5 Å². The zero-order valence-electron chi connectivity index (χ0n) is 28.6. The summed E-state index contributed by atoms with van der Waals surface area (Å²) in [5.74, 6) is -0.771. The van der Waals surface area contributed by atoms with Crippen LogP contribution in [0.5, 0.6) is 0 Å². The lowest BCUT2D eigenvalue weighted by Gasteiger charge is -2.36. The number of ether oxygens (including phenoxy) is 1. The third-order valence-corrected chi connectivity index (χ3v) is 9.02. The van der Waals surface area contributed by atoms with E-state index in [2.05, 4.69) is 76.2 Å². The third-order valence-electron chi connectivity index (χ3n) is 9.02. The Kier molecular flexibility index (Phi) is 11.9. The summed E-state index contributed by atoms with van der Waals surface area (Å²) in [5, 5.41) is 15.3. The van der Waals surface area contributed by atoms with Crippen molar-refractivity contribution in [2.75, 3.05) is 19.6 Å². The first-order valence-corrected chi connectivity index (χ1v) is 17.1. The number of likely N-dealkylation sites (tertiary alicyclic amines) is 1. The van der Waals surface area contributed by atoms with Gasteiger partial charge in [0, 0.05) is 31.0 Å². The molecule has 0 aromatic heterocycles.